The van der Waals surface area contributed by atoms with Crippen LogP contribution in [0.2, 0.25) is 0 Å². The summed E-state index contributed by atoms with van der Waals surface area (Å²) in [5.41, 5.74) is 6.70. The van der Waals surface area contributed by atoms with Gasteiger partial charge in [-0.1, -0.05) is 25.7 Å². The highest BCUT2D eigenvalue weighted by atomic mass is 16.5. The SMILES string of the molecule is C1CCC(C2NNC(CN3CCCCC3)O2)CC1. The number of likely N-dealkylation sites (tertiary alicyclic amines) is 1. The molecule has 1 aliphatic carbocycles. The van der Waals surface area contributed by atoms with Crippen LogP contribution in [0, 0.1) is 5.92 Å². The normalized spacial score (nSPS) is 36.0. The molecule has 2 unspecified atom stereocenters. The Bertz CT molecular complexity index is 249. The van der Waals surface area contributed by atoms with Crippen LogP contribution in [0.1, 0.15) is 51.4 Å². The number of hydrogen-bond acceptors (Lipinski definition) is 4. The molecule has 4 heteroatoms. The van der Waals surface area contributed by atoms with Gasteiger partial charge in [0.2, 0.25) is 0 Å². The van der Waals surface area contributed by atoms with Gasteiger partial charge in [0.05, 0.1) is 0 Å². The summed E-state index contributed by atoms with van der Waals surface area (Å²) in [6, 6.07) is 0. The molecule has 0 aromatic carbocycles. The summed E-state index contributed by atoms with van der Waals surface area (Å²) in [6.07, 6.45) is 11.4. The summed E-state index contributed by atoms with van der Waals surface area (Å²) in [5, 5.41) is 0. The lowest BCUT2D eigenvalue weighted by Crippen LogP contribution is -2.43. The molecule has 2 heterocycles. The smallest absolute Gasteiger partial charge is 0.135 e. The van der Waals surface area contributed by atoms with Crippen molar-refractivity contribution in [3.63, 3.8) is 0 Å². The van der Waals surface area contributed by atoms with E-state index >= 15 is 0 Å². The molecule has 1 saturated carbocycles. The summed E-state index contributed by atoms with van der Waals surface area (Å²) in [6.45, 7) is 3.53. The summed E-state index contributed by atoms with van der Waals surface area (Å²) in [5.74, 6) is 0.720. The van der Waals surface area contributed by atoms with E-state index in [1.54, 1.807) is 0 Å². The van der Waals surface area contributed by atoms with E-state index in [4.69, 9.17) is 4.74 Å². The highest BCUT2D eigenvalue weighted by Crippen LogP contribution is 2.28. The molecule has 0 aromatic heterocycles. The van der Waals surface area contributed by atoms with Crippen molar-refractivity contribution in [1.29, 1.82) is 0 Å². The van der Waals surface area contributed by atoms with Gasteiger partial charge in [-0.3, -0.25) is 4.90 Å². The number of hydrazine groups is 1. The highest BCUT2D eigenvalue weighted by molar-refractivity contribution is 4.78. The fraction of sp³-hybridized carbons (Fsp3) is 1.00. The number of ether oxygens (including phenoxy) is 1. The van der Waals surface area contributed by atoms with Crippen molar-refractivity contribution in [3.05, 3.63) is 0 Å². The average Bonchev–Trinajstić information content (AvgIpc) is 2.89. The molecule has 0 bridgehead atoms. The van der Waals surface area contributed by atoms with E-state index in [9.17, 15) is 0 Å². The minimum atomic E-state index is 0.190. The Hall–Kier alpha value is -0.160. The van der Waals surface area contributed by atoms with Crippen LogP contribution in [0.4, 0.5) is 0 Å². The Kier molecular flexibility index (Phi) is 4.52. The first kappa shape index (κ1) is 12.9. The molecule has 104 valence electrons. The summed E-state index contributed by atoms with van der Waals surface area (Å²) in [4.78, 5) is 2.53. The van der Waals surface area contributed by atoms with Crippen LogP contribution in [-0.4, -0.2) is 37.0 Å². The van der Waals surface area contributed by atoms with E-state index < -0.39 is 0 Å². The molecule has 4 nitrogen and oxygen atoms in total. The second kappa shape index (κ2) is 6.33. The lowest BCUT2D eigenvalue weighted by Gasteiger charge is -2.29. The fourth-order valence-corrected chi connectivity index (χ4v) is 3.55. The molecule has 2 saturated heterocycles. The van der Waals surface area contributed by atoms with Crippen molar-refractivity contribution < 1.29 is 4.74 Å². The molecule has 0 amide bonds. The van der Waals surface area contributed by atoms with E-state index in [2.05, 4.69) is 15.8 Å². The van der Waals surface area contributed by atoms with Gasteiger partial charge in [-0.15, -0.1) is 0 Å². The van der Waals surface area contributed by atoms with Gasteiger partial charge in [0.15, 0.2) is 0 Å². The number of piperidine rings is 1. The third kappa shape index (κ3) is 3.23. The molecular formula is C14H27N3O. The Morgan fingerprint density at radius 2 is 1.61 bits per heavy atom. The van der Waals surface area contributed by atoms with Crippen molar-refractivity contribution in [2.45, 2.75) is 63.8 Å². The first-order chi connectivity index (χ1) is 8.92. The van der Waals surface area contributed by atoms with Crippen LogP contribution >= 0.6 is 0 Å². The average molecular weight is 253 g/mol. The minimum absolute atomic E-state index is 0.190. The third-order valence-electron chi connectivity index (χ3n) is 4.65. The molecule has 2 atom stereocenters. The lowest BCUT2D eigenvalue weighted by atomic mass is 9.88. The predicted octanol–water partition coefficient (Wildman–Crippen LogP) is 1.83. The van der Waals surface area contributed by atoms with Crippen LogP contribution in [-0.2, 0) is 4.74 Å². The monoisotopic (exact) mass is 253 g/mol. The van der Waals surface area contributed by atoms with Gasteiger partial charge in [0.25, 0.3) is 0 Å². The largest absolute Gasteiger partial charge is 0.341 e. The van der Waals surface area contributed by atoms with Gasteiger partial charge in [-0.2, -0.15) is 0 Å². The second-order valence-electron chi connectivity index (χ2n) is 6.09. The molecule has 2 N–H and O–H groups in total. The predicted molar refractivity (Wildman–Crippen MR) is 71.8 cm³/mol. The fourth-order valence-electron chi connectivity index (χ4n) is 3.55. The van der Waals surface area contributed by atoms with Gasteiger partial charge in [0, 0.05) is 6.54 Å². The van der Waals surface area contributed by atoms with Crippen molar-refractivity contribution >= 4 is 0 Å². The third-order valence-corrected chi connectivity index (χ3v) is 4.65. The molecule has 2 aliphatic heterocycles. The van der Waals surface area contributed by atoms with Crippen molar-refractivity contribution in [1.82, 2.24) is 15.8 Å². The molecule has 3 fully saturated rings. The van der Waals surface area contributed by atoms with Gasteiger partial charge in [-0.25, -0.2) is 10.9 Å². The van der Waals surface area contributed by atoms with Crippen LogP contribution in [0.3, 0.4) is 0 Å². The quantitative estimate of drug-likeness (QED) is 0.804. The first-order valence-electron chi connectivity index (χ1n) is 7.81. The van der Waals surface area contributed by atoms with Gasteiger partial charge in [0.1, 0.15) is 12.5 Å². The molecule has 3 rings (SSSR count). The van der Waals surface area contributed by atoms with Gasteiger partial charge < -0.3 is 4.74 Å². The standard InChI is InChI=1S/C14H27N3O/c1-3-7-12(8-4-1)14-16-15-13(18-14)11-17-9-5-2-6-10-17/h12-16H,1-11H2. The zero-order valence-corrected chi connectivity index (χ0v) is 11.4. The maximum absolute atomic E-state index is 6.14. The van der Waals surface area contributed by atoms with Crippen LogP contribution in [0.5, 0.6) is 0 Å². The molecule has 3 aliphatic rings. The Labute approximate surface area is 110 Å². The Balaban J connectivity index is 1.42. The number of hydrogen-bond donors (Lipinski definition) is 2. The maximum Gasteiger partial charge on any atom is 0.135 e. The highest BCUT2D eigenvalue weighted by Gasteiger charge is 2.32. The van der Waals surface area contributed by atoms with Gasteiger partial charge in [-0.05, 0) is 44.7 Å². The minimum Gasteiger partial charge on any atom is -0.341 e. The van der Waals surface area contributed by atoms with Crippen LogP contribution in [0.15, 0.2) is 0 Å². The second-order valence-corrected chi connectivity index (χ2v) is 6.09. The van der Waals surface area contributed by atoms with E-state index in [1.165, 1.54) is 64.5 Å². The summed E-state index contributed by atoms with van der Waals surface area (Å²) in [7, 11) is 0. The van der Waals surface area contributed by atoms with Crippen LogP contribution in [0.25, 0.3) is 0 Å². The van der Waals surface area contributed by atoms with E-state index in [0.29, 0.717) is 0 Å². The lowest BCUT2D eigenvalue weighted by molar-refractivity contribution is -0.0236. The number of nitrogens with zero attached hydrogens (tertiary/aromatic N) is 1. The molecule has 18 heavy (non-hydrogen) atoms. The molecule has 0 aromatic rings. The van der Waals surface area contributed by atoms with Crippen molar-refractivity contribution in [3.8, 4) is 0 Å². The maximum atomic E-state index is 6.14. The molecule has 0 spiro atoms. The Morgan fingerprint density at radius 3 is 2.39 bits per heavy atom. The number of nitrogens with one attached hydrogen (secondary N) is 2. The van der Waals surface area contributed by atoms with Crippen molar-refractivity contribution in [2.75, 3.05) is 19.6 Å². The molecule has 0 radical (unpaired) electrons. The van der Waals surface area contributed by atoms with Crippen LogP contribution < -0.4 is 10.9 Å². The van der Waals surface area contributed by atoms with E-state index in [1.807, 2.05) is 0 Å². The zero-order chi connectivity index (χ0) is 12.2. The Morgan fingerprint density at radius 1 is 0.889 bits per heavy atom. The summed E-state index contributed by atoms with van der Waals surface area (Å²) < 4.78 is 6.14. The number of rotatable bonds is 3. The summed E-state index contributed by atoms with van der Waals surface area (Å²) >= 11 is 0. The van der Waals surface area contributed by atoms with E-state index in [-0.39, 0.29) is 12.5 Å². The van der Waals surface area contributed by atoms with Crippen molar-refractivity contribution in [2.24, 2.45) is 5.92 Å². The zero-order valence-electron chi connectivity index (χ0n) is 11.4. The first-order valence-corrected chi connectivity index (χ1v) is 7.81. The van der Waals surface area contributed by atoms with Gasteiger partial charge >= 0.3 is 0 Å². The molecular weight excluding hydrogens is 226 g/mol. The van der Waals surface area contributed by atoms with E-state index in [0.717, 1.165) is 12.5 Å². The topological polar surface area (TPSA) is 36.5 Å².